The quantitative estimate of drug-likeness (QED) is 0.525. The third-order valence-corrected chi connectivity index (χ3v) is 1.24. The number of benzene rings is 1. The second kappa shape index (κ2) is 3.53. The van der Waals surface area contributed by atoms with Crippen molar-refractivity contribution in [2.45, 2.75) is 0 Å². The molecule has 0 aliphatic carbocycles. The fourth-order valence-corrected chi connectivity index (χ4v) is 0.767. The van der Waals surface area contributed by atoms with Gasteiger partial charge in [-0.2, -0.15) is 0 Å². The molecule has 0 bridgehead atoms. The fourth-order valence-electron chi connectivity index (χ4n) is 0.656. The highest BCUT2D eigenvalue weighted by Crippen LogP contribution is 2.18. The van der Waals surface area contributed by atoms with Crippen LogP contribution in [0.15, 0.2) is 12.1 Å². The Hall–Kier alpha value is -1.10. The normalized spacial score (nSPS) is 9.58. The van der Waals surface area contributed by atoms with Gasteiger partial charge in [-0.3, -0.25) is 0 Å². The van der Waals surface area contributed by atoms with Crippen LogP contribution in [0.25, 0.3) is 0 Å². The Morgan fingerprint density at radius 2 is 1.67 bits per heavy atom. The smallest absolute Gasteiger partial charge is 0.194 e. The zero-order chi connectivity index (χ0) is 9.14. The van der Waals surface area contributed by atoms with E-state index >= 15 is 0 Å². The minimum atomic E-state index is -1.52. The average Bonchev–Trinajstić information content (AvgIpc) is 2.01. The molecule has 0 N–H and O–H groups in total. The van der Waals surface area contributed by atoms with Crippen LogP contribution in [0, 0.1) is 17.5 Å². The Balaban J connectivity index is 3.11. The molecule has 1 nitrogen and oxygen atoms in total. The molecule has 0 saturated heterocycles. The van der Waals surface area contributed by atoms with Crippen LogP contribution in [0.5, 0.6) is 5.75 Å². The van der Waals surface area contributed by atoms with Gasteiger partial charge in [0.15, 0.2) is 23.0 Å². The van der Waals surface area contributed by atoms with Crippen molar-refractivity contribution in [2.24, 2.45) is 0 Å². The van der Waals surface area contributed by atoms with Crippen molar-refractivity contribution < 1.29 is 17.9 Å². The summed E-state index contributed by atoms with van der Waals surface area (Å²) in [6.07, 6.45) is 0. The molecule has 64 valence electrons. The van der Waals surface area contributed by atoms with Gasteiger partial charge in [0.2, 0.25) is 0 Å². The Labute approximate surface area is 71.8 Å². The van der Waals surface area contributed by atoms with Crippen LogP contribution >= 0.6 is 12.2 Å². The number of thiocarbonyl (C=S) groups is 1. The SMILES string of the molecule is Fc1cc(OC=S)cc(F)c1F. The van der Waals surface area contributed by atoms with Gasteiger partial charge in [0, 0.05) is 12.1 Å². The first-order valence-electron chi connectivity index (χ1n) is 2.90. The summed E-state index contributed by atoms with van der Waals surface area (Å²) in [5.74, 6) is -4.29. The second-order valence-corrected chi connectivity index (χ2v) is 2.11. The van der Waals surface area contributed by atoms with Gasteiger partial charge in [0.05, 0.1) is 0 Å². The maximum absolute atomic E-state index is 12.4. The van der Waals surface area contributed by atoms with E-state index in [1.54, 1.807) is 0 Å². The Morgan fingerprint density at radius 3 is 2.08 bits per heavy atom. The highest BCUT2D eigenvalue weighted by molar-refractivity contribution is 7.78. The van der Waals surface area contributed by atoms with Gasteiger partial charge in [0.1, 0.15) is 5.75 Å². The van der Waals surface area contributed by atoms with Gasteiger partial charge in [-0.25, -0.2) is 13.2 Å². The van der Waals surface area contributed by atoms with Gasteiger partial charge in [0.25, 0.3) is 0 Å². The highest BCUT2D eigenvalue weighted by Gasteiger charge is 2.10. The summed E-state index contributed by atoms with van der Waals surface area (Å²) in [4.78, 5) is 0. The van der Waals surface area contributed by atoms with E-state index in [-0.39, 0.29) is 5.75 Å². The maximum Gasteiger partial charge on any atom is 0.194 e. The zero-order valence-corrected chi connectivity index (χ0v) is 6.50. The Kier molecular flexibility index (Phi) is 2.65. The number of hydrogen-bond donors (Lipinski definition) is 0. The van der Waals surface area contributed by atoms with E-state index in [1.807, 2.05) is 0 Å². The molecule has 0 radical (unpaired) electrons. The van der Waals surface area contributed by atoms with Crippen molar-refractivity contribution in [3.05, 3.63) is 29.6 Å². The van der Waals surface area contributed by atoms with E-state index in [0.717, 1.165) is 5.55 Å². The molecule has 0 amide bonds. The van der Waals surface area contributed by atoms with Gasteiger partial charge in [-0.1, -0.05) is 0 Å². The molecule has 0 aliphatic heterocycles. The standard InChI is InChI=1S/C7H3F3OS/c8-5-1-4(11-3-12)2-6(9)7(5)10/h1-3H. The van der Waals surface area contributed by atoms with Gasteiger partial charge >= 0.3 is 0 Å². The number of rotatable bonds is 2. The minimum Gasteiger partial charge on any atom is -0.453 e. The van der Waals surface area contributed by atoms with Crippen molar-refractivity contribution in [1.82, 2.24) is 0 Å². The molecule has 1 rings (SSSR count). The first-order chi connectivity index (χ1) is 5.65. The summed E-state index contributed by atoms with van der Waals surface area (Å²) in [6, 6.07) is 1.42. The lowest BCUT2D eigenvalue weighted by atomic mass is 10.3. The van der Waals surface area contributed by atoms with E-state index in [4.69, 9.17) is 0 Å². The first kappa shape index (κ1) is 8.99. The summed E-state index contributed by atoms with van der Waals surface area (Å²) in [6.45, 7) is 0. The van der Waals surface area contributed by atoms with Crippen molar-refractivity contribution >= 4 is 17.8 Å². The molecule has 5 heteroatoms. The van der Waals surface area contributed by atoms with Crippen LogP contribution in [-0.4, -0.2) is 5.55 Å². The van der Waals surface area contributed by atoms with E-state index in [0.29, 0.717) is 12.1 Å². The van der Waals surface area contributed by atoms with Crippen molar-refractivity contribution in [1.29, 1.82) is 0 Å². The highest BCUT2D eigenvalue weighted by atomic mass is 32.1. The Bertz CT molecular complexity index is 291. The molecular weight excluding hydrogens is 189 g/mol. The van der Waals surface area contributed by atoms with Crippen LogP contribution in [0.3, 0.4) is 0 Å². The first-order valence-corrected chi connectivity index (χ1v) is 3.37. The fraction of sp³-hybridized carbons (Fsp3) is 0. The predicted molar refractivity (Wildman–Crippen MR) is 40.6 cm³/mol. The third kappa shape index (κ3) is 1.73. The van der Waals surface area contributed by atoms with E-state index in [2.05, 4.69) is 17.0 Å². The molecule has 0 saturated carbocycles. The summed E-state index contributed by atoms with van der Waals surface area (Å²) in [5.41, 5.74) is 0.826. The molecule has 0 fully saturated rings. The molecule has 0 unspecified atom stereocenters. The molecule has 0 aromatic heterocycles. The summed E-state index contributed by atoms with van der Waals surface area (Å²) in [7, 11) is 0. The summed E-state index contributed by atoms with van der Waals surface area (Å²) >= 11 is 4.27. The third-order valence-electron chi connectivity index (χ3n) is 1.14. The summed E-state index contributed by atoms with van der Waals surface area (Å²) in [5, 5.41) is 0. The lowest BCUT2D eigenvalue weighted by Crippen LogP contribution is -1.94. The number of halogens is 3. The van der Waals surface area contributed by atoms with Crippen LogP contribution in [0.1, 0.15) is 0 Å². The van der Waals surface area contributed by atoms with Gasteiger partial charge in [-0.05, 0) is 12.2 Å². The molecule has 1 aromatic carbocycles. The monoisotopic (exact) mass is 192 g/mol. The number of hydrogen-bond acceptors (Lipinski definition) is 2. The second-order valence-electron chi connectivity index (χ2n) is 1.91. The van der Waals surface area contributed by atoms with Crippen LogP contribution < -0.4 is 4.74 Å². The molecule has 1 aromatic rings. The van der Waals surface area contributed by atoms with E-state index in [1.165, 1.54) is 0 Å². The predicted octanol–water partition coefficient (Wildman–Crippen LogP) is 2.44. The van der Waals surface area contributed by atoms with Crippen molar-refractivity contribution in [3.63, 3.8) is 0 Å². The largest absolute Gasteiger partial charge is 0.453 e. The van der Waals surface area contributed by atoms with E-state index in [9.17, 15) is 13.2 Å². The topological polar surface area (TPSA) is 9.23 Å². The van der Waals surface area contributed by atoms with Crippen molar-refractivity contribution in [2.75, 3.05) is 0 Å². The molecule has 0 spiro atoms. The number of ether oxygens (including phenoxy) is 1. The minimum absolute atomic E-state index is 0.165. The van der Waals surface area contributed by atoms with Crippen LogP contribution in [0.2, 0.25) is 0 Å². The van der Waals surface area contributed by atoms with Gasteiger partial charge in [-0.15, -0.1) is 0 Å². The Morgan fingerprint density at radius 1 is 1.17 bits per heavy atom. The molecular formula is C7H3F3OS. The summed E-state index contributed by atoms with van der Waals surface area (Å²) < 4.78 is 41.6. The lowest BCUT2D eigenvalue weighted by Gasteiger charge is -1.99. The van der Waals surface area contributed by atoms with Crippen LogP contribution in [-0.2, 0) is 0 Å². The molecule has 0 heterocycles. The zero-order valence-electron chi connectivity index (χ0n) is 5.68. The molecule has 12 heavy (non-hydrogen) atoms. The molecule has 0 atom stereocenters. The van der Waals surface area contributed by atoms with Crippen molar-refractivity contribution in [3.8, 4) is 5.75 Å². The average molecular weight is 192 g/mol. The van der Waals surface area contributed by atoms with Crippen LogP contribution in [0.4, 0.5) is 13.2 Å². The molecule has 0 aliphatic rings. The maximum atomic E-state index is 12.4. The van der Waals surface area contributed by atoms with Gasteiger partial charge < -0.3 is 4.74 Å². The lowest BCUT2D eigenvalue weighted by molar-refractivity contribution is 0.437. The van der Waals surface area contributed by atoms with E-state index < -0.39 is 17.5 Å².